The van der Waals surface area contributed by atoms with E-state index in [0.717, 1.165) is 6.54 Å². The van der Waals surface area contributed by atoms with Crippen LogP contribution in [0.4, 0.5) is 0 Å². The Kier molecular flexibility index (Phi) is 4.11. The number of hydrogen-bond donors (Lipinski definition) is 0. The molecule has 2 unspecified atom stereocenters. The highest BCUT2D eigenvalue weighted by Crippen LogP contribution is 2.30. The van der Waals surface area contributed by atoms with Gasteiger partial charge in [0.2, 0.25) is 0 Å². The molecule has 0 aliphatic heterocycles. The van der Waals surface area contributed by atoms with Crippen molar-refractivity contribution in [2.75, 3.05) is 7.05 Å². The van der Waals surface area contributed by atoms with Gasteiger partial charge >= 0.3 is 0 Å². The maximum absolute atomic E-state index is 6.50. The first-order chi connectivity index (χ1) is 9.25. The summed E-state index contributed by atoms with van der Waals surface area (Å²) < 4.78 is 1.39. The summed E-state index contributed by atoms with van der Waals surface area (Å²) in [7, 11) is 2.22. The van der Waals surface area contributed by atoms with Crippen LogP contribution in [-0.4, -0.2) is 23.4 Å². The topological polar surface area (TPSA) is 3.24 Å². The number of thiophene rings is 1. The minimum Gasteiger partial charge on any atom is -0.298 e. The molecule has 0 saturated heterocycles. The number of fused-ring (bicyclic) bond motifs is 1. The van der Waals surface area contributed by atoms with Crippen molar-refractivity contribution in [3.8, 4) is 0 Å². The number of nitrogens with zero attached hydrogens (tertiary/aromatic N) is 1. The van der Waals surface area contributed by atoms with E-state index in [9.17, 15) is 0 Å². The summed E-state index contributed by atoms with van der Waals surface area (Å²) in [6.45, 7) is 1.01. The second kappa shape index (κ2) is 5.82. The third-order valence-electron chi connectivity index (χ3n) is 4.19. The molecule has 0 N–H and O–H groups in total. The van der Waals surface area contributed by atoms with Crippen molar-refractivity contribution in [1.82, 2.24) is 4.90 Å². The Labute approximate surface area is 124 Å². The Hall–Kier alpha value is -0.570. The van der Waals surface area contributed by atoms with Crippen molar-refractivity contribution in [2.24, 2.45) is 0 Å². The fourth-order valence-electron chi connectivity index (χ4n) is 3.10. The quantitative estimate of drug-likeness (QED) is 0.729. The summed E-state index contributed by atoms with van der Waals surface area (Å²) in [5.74, 6) is 0. The third kappa shape index (κ3) is 2.81. The minimum atomic E-state index is 0.323. The van der Waals surface area contributed by atoms with Crippen LogP contribution in [0.25, 0.3) is 10.1 Å². The molecule has 19 heavy (non-hydrogen) atoms. The van der Waals surface area contributed by atoms with E-state index in [1.807, 2.05) is 11.3 Å². The van der Waals surface area contributed by atoms with Gasteiger partial charge in [0.05, 0.1) is 0 Å². The predicted molar refractivity (Wildman–Crippen MR) is 85.2 cm³/mol. The summed E-state index contributed by atoms with van der Waals surface area (Å²) in [5.41, 5.74) is 1.44. The van der Waals surface area contributed by atoms with Gasteiger partial charge in [0.1, 0.15) is 0 Å². The molecule has 1 nitrogen and oxygen atoms in total. The Balaban J connectivity index is 1.77. The fourth-order valence-corrected chi connectivity index (χ4v) is 4.53. The SMILES string of the molecule is CN(Cc1csc2ccccc12)C1CCCCC1Cl. The molecule has 102 valence electrons. The van der Waals surface area contributed by atoms with Crippen LogP contribution in [0.1, 0.15) is 31.2 Å². The molecule has 0 spiro atoms. The van der Waals surface area contributed by atoms with Gasteiger partial charge in [0.25, 0.3) is 0 Å². The van der Waals surface area contributed by atoms with E-state index < -0.39 is 0 Å². The van der Waals surface area contributed by atoms with E-state index in [-0.39, 0.29) is 0 Å². The molecule has 3 heteroatoms. The van der Waals surface area contributed by atoms with E-state index in [1.54, 1.807) is 0 Å². The van der Waals surface area contributed by atoms with Gasteiger partial charge in [-0.05, 0) is 42.3 Å². The van der Waals surface area contributed by atoms with Crippen molar-refractivity contribution in [3.05, 3.63) is 35.2 Å². The maximum Gasteiger partial charge on any atom is 0.0491 e. The average Bonchev–Trinajstić information content (AvgIpc) is 2.83. The number of halogens is 1. The molecule has 0 amide bonds. The summed E-state index contributed by atoms with van der Waals surface area (Å²) in [4.78, 5) is 2.45. The van der Waals surface area contributed by atoms with Crippen molar-refractivity contribution in [1.29, 1.82) is 0 Å². The highest BCUT2D eigenvalue weighted by atomic mass is 35.5. The minimum absolute atomic E-state index is 0.323. The van der Waals surface area contributed by atoms with E-state index in [4.69, 9.17) is 11.6 Å². The zero-order valence-corrected chi connectivity index (χ0v) is 12.9. The van der Waals surface area contributed by atoms with Crippen molar-refractivity contribution < 1.29 is 0 Å². The van der Waals surface area contributed by atoms with Gasteiger partial charge in [-0.1, -0.05) is 31.0 Å². The maximum atomic E-state index is 6.50. The molecular formula is C16H20ClNS. The standard InChI is InChI=1S/C16H20ClNS/c1-18(15-8-4-3-7-14(15)17)10-12-11-19-16-9-5-2-6-13(12)16/h2,5-6,9,11,14-15H,3-4,7-8,10H2,1H3. The van der Waals surface area contributed by atoms with Crippen molar-refractivity contribution in [2.45, 2.75) is 43.6 Å². The van der Waals surface area contributed by atoms with Crippen molar-refractivity contribution >= 4 is 33.0 Å². The molecule has 1 saturated carbocycles. The van der Waals surface area contributed by atoms with Gasteiger partial charge in [-0.25, -0.2) is 0 Å². The first-order valence-corrected chi connectivity index (χ1v) is 8.37. The van der Waals surface area contributed by atoms with E-state index in [1.165, 1.54) is 41.3 Å². The largest absolute Gasteiger partial charge is 0.298 e. The number of benzene rings is 1. The average molecular weight is 294 g/mol. The van der Waals surface area contributed by atoms with Gasteiger partial charge < -0.3 is 0 Å². The molecule has 1 aliphatic carbocycles. The second-order valence-corrected chi connectivity index (χ2v) is 7.01. The van der Waals surface area contributed by atoms with Crippen LogP contribution >= 0.6 is 22.9 Å². The predicted octanol–water partition coefficient (Wildman–Crippen LogP) is 4.88. The lowest BCUT2D eigenvalue weighted by molar-refractivity contribution is 0.189. The first-order valence-electron chi connectivity index (χ1n) is 7.05. The highest BCUT2D eigenvalue weighted by Gasteiger charge is 2.26. The monoisotopic (exact) mass is 293 g/mol. The van der Waals surface area contributed by atoms with Crippen LogP contribution in [0.15, 0.2) is 29.6 Å². The molecule has 1 fully saturated rings. The molecule has 1 aromatic heterocycles. The molecule has 0 radical (unpaired) electrons. The second-order valence-electron chi connectivity index (χ2n) is 5.54. The van der Waals surface area contributed by atoms with Gasteiger partial charge in [-0.15, -0.1) is 22.9 Å². The lowest BCUT2D eigenvalue weighted by Crippen LogP contribution is -2.40. The van der Waals surface area contributed by atoms with Gasteiger partial charge in [0, 0.05) is 22.7 Å². The summed E-state index contributed by atoms with van der Waals surface area (Å²) in [5, 5.41) is 4.03. The van der Waals surface area contributed by atoms with Crippen LogP contribution in [0.2, 0.25) is 0 Å². The zero-order chi connectivity index (χ0) is 13.2. The Morgan fingerprint density at radius 1 is 1.26 bits per heavy atom. The lowest BCUT2D eigenvalue weighted by Gasteiger charge is -2.34. The van der Waals surface area contributed by atoms with Gasteiger partial charge in [-0.2, -0.15) is 0 Å². The van der Waals surface area contributed by atoms with Crippen LogP contribution in [0.5, 0.6) is 0 Å². The van der Waals surface area contributed by atoms with Gasteiger partial charge in [0.15, 0.2) is 0 Å². The van der Waals surface area contributed by atoms with Gasteiger partial charge in [-0.3, -0.25) is 4.90 Å². The number of hydrogen-bond acceptors (Lipinski definition) is 2. The zero-order valence-electron chi connectivity index (χ0n) is 11.3. The molecular weight excluding hydrogens is 274 g/mol. The summed E-state index contributed by atoms with van der Waals surface area (Å²) >= 11 is 8.34. The highest BCUT2D eigenvalue weighted by molar-refractivity contribution is 7.17. The molecule has 2 aromatic rings. The molecule has 3 rings (SSSR count). The Bertz CT molecular complexity index is 550. The van der Waals surface area contributed by atoms with Crippen molar-refractivity contribution in [3.63, 3.8) is 0 Å². The molecule has 2 atom stereocenters. The number of alkyl halides is 1. The number of rotatable bonds is 3. The lowest BCUT2D eigenvalue weighted by atomic mass is 9.93. The Morgan fingerprint density at radius 2 is 2.05 bits per heavy atom. The van der Waals surface area contributed by atoms with Crippen LogP contribution < -0.4 is 0 Å². The third-order valence-corrected chi connectivity index (χ3v) is 5.72. The molecule has 1 aliphatic rings. The summed E-state index contributed by atoms with van der Waals surface area (Å²) in [6.07, 6.45) is 5.02. The van der Waals surface area contributed by atoms with E-state index >= 15 is 0 Å². The normalized spacial score (nSPS) is 24.2. The molecule has 1 aromatic carbocycles. The van der Waals surface area contributed by atoms with Crippen LogP contribution in [-0.2, 0) is 6.54 Å². The molecule has 1 heterocycles. The summed E-state index contributed by atoms with van der Waals surface area (Å²) in [6, 6.07) is 9.21. The van der Waals surface area contributed by atoms with E-state index in [2.05, 4.69) is 41.6 Å². The van der Waals surface area contributed by atoms with Crippen LogP contribution in [0, 0.1) is 0 Å². The first kappa shape index (κ1) is 13.4. The van der Waals surface area contributed by atoms with E-state index in [0.29, 0.717) is 11.4 Å². The van der Waals surface area contributed by atoms with Crippen LogP contribution in [0.3, 0.4) is 0 Å². The molecule has 0 bridgehead atoms. The Morgan fingerprint density at radius 3 is 2.89 bits per heavy atom. The fraction of sp³-hybridized carbons (Fsp3) is 0.500. The smallest absolute Gasteiger partial charge is 0.0491 e.